The second kappa shape index (κ2) is 11.9. The Hall–Kier alpha value is -3.90. The van der Waals surface area contributed by atoms with Crippen molar-refractivity contribution >= 4 is 18.2 Å². The normalized spacial score (nSPS) is 22.2. The highest BCUT2D eigenvalue weighted by Crippen LogP contribution is 2.36. The second-order valence-electron chi connectivity index (χ2n) is 11.1. The Labute approximate surface area is 238 Å². The van der Waals surface area contributed by atoms with E-state index in [0.29, 0.717) is 53.4 Å². The van der Waals surface area contributed by atoms with Crippen LogP contribution in [0.25, 0.3) is 22.6 Å². The molecule has 216 valence electrons. The van der Waals surface area contributed by atoms with Gasteiger partial charge in [-0.2, -0.15) is 0 Å². The summed E-state index contributed by atoms with van der Waals surface area (Å²) < 4.78 is 25.8. The van der Waals surface area contributed by atoms with Crippen LogP contribution in [0.2, 0.25) is 0 Å². The van der Waals surface area contributed by atoms with E-state index >= 15 is 0 Å². The Morgan fingerprint density at radius 2 is 1.98 bits per heavy atom. The summed E-state index contributed by atoms with van der Waals surface area (Å²) in [7, 11) is 0. The van der Waals surface area contributed by atoms with Gasteiger partial charge in [0.15, 0.2) is 5.82 Å². The highest BCUT2D eigenvalue weighted by molar-refractivity contribution is 5.82. The lowest BCUT2D eigenvalue weighted by Crippen LogP contribution is -2.49. The van der Waals surface area contributed by atoms with E-state index in [-0.39, 0.29) is 24.9 Å². The highest BCUT2D eigenvalue weighted by atomic mass is 19.1. The molecule has 3 aromatic rings. The molecule has 12 heteroatoms. The number of hydrogen-bond acceptors (Lipinski definition) is 9. The van der Waals surface area contributed by atoms with Gasteiger partial charge >= 0.3 is 0 Å². The minimum atomic E-state index is -0.791. The average Bonchev–Trinajstić information content (AvgIpc) is 3.47. The third-order valence-corrected chi connectivity index (χ3v) is 7.54. The molecule has 0 spiro atoms. The molecule has 1 aliphatic carbocycles. The largest absolute Gasteiger partial charge is 0.361 e. The maximum atomic E-state index is 13.7. The van der Waals surface area contributed by atoms with Crippen molar-refractivity contribution in [3.63, 3.8) is 0 Å². The Balaban J connectivity index is 1.18. The van der Waals surface area contributed by atoms with Gasteiger partial charge in [-0.3, -0.25) is 9.79 Å². The van der Waals surface area contributed by atoms with Crippen LogP contribution in [0.5, 0.6) is 0 Å². The van der Waals surface area contributed by atoms with Crippen molar-refractivity contribution < 1.29 is 18.7 Å². The SMILES string of the molecule is CC1(C(=O)NCC2CC2)COC(c2nc(-c3ccc(F)cc3)c(-c3ccnc(NCCCN4C=NCC4)n3)[nH]2)OC1. The summed E-state index contributed by atoms with van der Waals surface area (Å²) in [5.41, 5.74) is 1.76. The number of imidazole rings is 1. The first kappa shape index (κ1) is 27.3. The molecule has 0 unspecified atom stereocenters. The van der Waals surface area contributed by atoms with E-state index in [4.69, 9.17) is 19.4 Å². The fourth-order valence-electron chi connectivity index (χ4n) is 4.83. The first-order chi connectivity index (χ1) is 20.0. The number of nitrogens with one attached hydrogen (secondary N) is 3. The molecule has 0 atom stereocenters. The minimum Gasteiger partial charge on any atom is -0.361 e. The maximum absolute atomic E-state index is 13.7. The van der Waals surface area contributed by atoms with E-state index in [2.05, 4.69) is 30.5 Å². The topological polar surface area (TPSA) is 130 Å². The number of benzene rings is 1. The van der Waals surface area contributed by atoms with Crippen LogP contribution in [-0.4, -0.2) is 83.0 Å². The molecule has 2 aromatic heterocycles. The molecule has 1 amide bonds. The lowest BCUT2D eigenvalue weighted by atomic mass is 9.91. The zero-order valence-corrected chi connectivity index (χ0v) is 23.1. The van der Waals surface area contributed by atoms with Gasteiger partial charge in [-0.15, -0.1) is 0 Å². The number of anilines is 1. The van der Waals surface area contributed by atoms with Crippen molar-refractivity contribution in [1.82, 2.24) is 30.2 Å². The first-order valence-electron chi connectivity index (χ1n) is 14.2. The number of rotatable bonds is 11. The van der Waals surface area contributed by atoms with E-state index < -0.39 is 11.7 Å². The minimum absolute atomic E-state index is 0.0652. The van der Waals surface area contributed by atoms with Crippen LogP contribution in [0.4, 0.5) is 10.3 Å². The quantitative estimate of drug-likeness (QED) is 0.303. The molecule has 4 heterocycles. The van der Waals surface area contributed by atoms with Gasteiger partial charge in [0, 0.05) is 37.9 Å². The van der Waals surface area contributed by atoms with Gasteiger partial charge in [0.2, 0.25) is 18.1 Å². The van der Waals surface area contributed by atoms with Crippen LogP contribution < -0.4 is 10.6 Å². The van der Waals surface area contributed by atoms with Gasteiger partial charge in [-0.05, 0) is 62.4 Å². The molecular weight excluding hydrogens is 527 g/mol. The van der Waals surface area contributed by atoms with Gasteiger partial charge in [0.05, 0.1) is 48.6 Å². The van der Waals surface area contributed by atoms with E-state index in [0.717, 1.165) is 26.1 Å². The van der Waals surface area contributed by atoms with Crippen molar-refractivity contribution in [2.45, 2.75) is 32.5 Å². The number of aliphatic imine (C=N–C) groups is 1. The molecular formula is C29H35FN8O3. The van der Waals surface area contributed by atoms with Crippen LogP contribution in [0.15, 0.2) is 41.5 Å². The summed E-state index contributed by atoms with van der Waals surface area (Å²) >= 11 is 0. The Morgan fingerprint density at radius 1 is 1.17 bits per heavy atom. The van der Waals surface area contributed by atoms with Crippen molar-refractivity contribution in [3.8, 4) is 22.6 Å². The number of ether oxygens (including phenoxy) is 2. The number of halogens is 1. The van der Waals surface area contributed by atoms with Gasteiger partial charge in [-0.25, -0.2) is 19.3 Å². The van der Waals surface area contributed by atoms with Gasteiger partial charge in [0.25, 0.3) is 0 Å². The first-order valence-corrected chi connectivity index (χ1v) is 14.2. The van der Waals surface area contributed by atoms with Crippen LogP contribution >= 0.6 is 0 Å². The van der Waals surface area contributed by atoms with Crippen molar-refractivity contribution in [1.29, 1.82) is 0 Å². The van der Waals surface area contributed by atoms with E-state index in [1.807, 2.05) is 13.3 Å². The maximum Gasteiger partial charge on any atom is 0.230 e. The van der Waals surface area contributed by atoms with E-state index in [9.17, 15) is 9.18 Å². The van der Waals surface area contributed by atoms with Crippen LogP contribution in [-0.2, 0) is 14.3 Å². The predicted molar refractivity (Wildman–Crippen MR) is 152 cm³/mol. The monoisotopic (exact) mass is 562 g/mol. The molecule has 3 aliphatic rings. The molecule has 1 aromatic carbocycles. The smallest absolute Gasteiger partial charge is 0.230 e. The lowest BCUT2D eigenvalue weighted by molar-refractivity contribution is -0.231. The molecule has 2 fully saturated rings. The predicted octanol–water partition coefficient (Wildman–Crippen LogP) is 3.40. The standard InChI is InChI=1S/C29H35FN8O3/c1-29(27(39)34-15-19-3-4-19)16-40-26(41-17-29)25-36-23(20-5-7-21(30)8-6-20)24(37-25)22-9-11-33-28(35-22)32-10-2-13-38-14-12-31-18-38/h5-9,11,18-19,26H,2-4,10,12-17H2,1H3,(H,34,39)(H,36,37)(H,32,33,35). The number of carbonyl (C=O) groups is 1. The molecule has 41 heavy (non-hydrogen) atoms. The van der Waals surface area contributed by atoms with E-state index in [1.54, 1.807) is 24.4 Å². The van der Waals surface area contributed by atoms with Gasteiger partial charge in [-0.1, -0.05) is 0 Å². The summed E-state index contributed by atoms with van der Waals surface area (Å²) in [6, 6.07) is 7.92. The molecule has 3 N–H and O–H groups in total. The number of nitrogens with zero attached hydrogens (tertiary/aromatic N) is 5. The van der Waals surface area contributed by atoms with Crippen LogP contribution in [0, 0.1) is 17.2 Å². The van der Waals surface area contributed by atoms with Crippen molar-refractivity contribution in [2.75, 3.05) is 51.3 Å². The van der Waals surface area contributed by atoms with Crippen molar-refractivity contribution in [3.05, 3.63) is 48.2 Å². The third-order valence-electron chi connectivity index (χ3n) is 7.54. The lowest BCUT2D eigenvalue weighted by Gasteiger charge is -2.35. The van der Waals surface area contributed by atoms with Gasteiger partial charge in [0.1, 0.15) is 5.82 Å². The number of aromatic nitrogens is 4. The Kier molecular flexibility index (Phi) is 7.93. The number of carbonyl (C=O) groups excluding carboxylic acids is 1. The van der Waals surface area contributed by atoms with Gasteiger partial charge < -0.3 is 30.0 Å². The summed E-state index contributed by atoms with van der Waals surface area (Å²) in [6.07, 6.45) is 6.05. The molecule has 2 aliphatic heterocycles. The highest BCUT2D eigenvalue weighted by Gasteiger charge is 2.41. The summed E-state index contributed by atoms with van der Waals surface area (Å²) in [6.45, 7) is 6.37. The van der Waals surface area contributed by atoms with Crippen LogP contribution in [0.1, 0.15) is 38.3 Å². The summed E-state index contributed by atoms with van der Waals surface area (Å²) in [5, 5.41) is 6.32. The second-order valence-corrected chi connectivity index (χ2v) is 11.1. The number of amides is 1. The molecule has 0 bridgehead atoms. The third kappa shape index (κ3) is 6.54. The Bertz CT molecular complexity index is 1380. The molecule has 1 saturated carbocycles. The summed E-state index contributed by atoms with van der Waals surface area (Å²) in [4.78, 5) is 36.4. The number of H-pyrrole nitrogens is 1. The van der Waals surface area contributed by atoms with Crippen molar-refractivity contribution in [2.24, 2.45) is 16.3 Å². The fraction of sp³-hybridized carbons (Fsp3) is 0.483. The van der Waals surface area contributed by atoms with E-state index in [1.165, 1.54) is 25.0 Å². The molecule has 0 radical (unpaired) electrons. The molecule has 6 rings (SSSR count). The summed E-state index contributed by atoms with van der Waals surface area (Å²) in [5.74, 6) is 1.13. The fourth-order valence-corrected chi connectivity index (χ4v) is 4.83. The number of aromatic amines is 1. The average molecular weight is 563 g/mol. The number of hydrogen-bond donors (Lipinski definition) is 3. The molecule has 1 saturated heterocycles. The Morgan fingerprint density at radius 3 is 2.71 bits per heavy atom. The van der Waals surface area contributed by atoms with Crippen LogP contribution in [0.3, 0.4) is 0 Å². The zero-order valence-electron chi connectivity index (χ0n) is 23.1. The molecule has 11 nitrogen and oxygen atoms in total. The zero-order chi connectivity index (χ0) is 28.2.